The summed E-state index contributed by atoms with van der Waals surface area (Å²) in [4.78, 5) is 62.7. The highest BCUT2D eigenvalue weighted by Crippen LogP contribution is 2.29. The number of tetrazole rings is 1. The van der Waals surface area contributed by atoms with Gasteiger partial charge in [0.1, 0.15) is 5.69 Å². The molecule has 0 aliphatic carbocycles. The molecule has 4 aliphatic rings. The fourth-order valence-electron chi connectivity index (χ4n) is 13.5. The topological polar surface area (TPSA) is 379 Å². The summed E-state index contributed by atoms with van der Waals surface area (Å²) >= 11 is 1.43. The van der Waals surface area contributed by atoms with Crippen LogP contribution in [-0.2, 0) is 59.7 Å². The van der Waals surface area contributed by atoms with Crippen LogP contribution in [0.1, 0.15) is 153 Å². The average Bonchev–Trinajstić information content (AvgIpc) is 1.71. The molecule has 6 N–H and O–H groups in total. The maximum atomic E-state index is 12.8. The van der Waals surface area contributed by atoms with Crippen LogP contribution < -0.4 is 21.3 Å². The summed E-state index contributed by atoms with van der Waals surface area (Å²) in [6, 6.07) is 42.5. The van der Waals surface area contributed by atoms with E-state index in [9.17, 15) is 52.8 Å². The summed E-state index contributed by atoms with van der Waals surface area (Å²) in [5.74, 6) is -0.812. The summed E-state index contributed by atoms with van der Waals surface area (Å²) < 4.78 is 110. The lowest BCUT2D eigenvalue weighted by Crippen LogP contribution is -2.35. The molecule has 5 aromatic carbocycles. The number of pyridine rings is 3. The molecule has 113 heavy (non-hydrogen) atoms. The van der Waals surface area contributed by atoms with E-state index in [-0.39, 0.29) is 34.6 Å². The summed E-state index contributed by atoms with van der Waals surface area (Å²) in [5, 5.41) is 32.1. The van der Waals surface area contributed by atoms with Crippen LogP contribution in [0.15, 0.2) is 208 Å². The highest BCUT2D eigenvalue weighted by Gasteiger charge is 2.30. The van der Waals surface area contributed by atoms with Gasteiger partial charge in [-0.2, -0.15) is 22.3 Å². The molecule has 29 nitrogen and oxygen atoms in total. The molecule has 0 radical (unpaired) electrons. The smallest absolute Gasteiger partial charge is 0.268 e. The molecule has 0 saturated carbocycles. The second-order valence-electron chi connectivity index (χ2n) is 27.8. The number of nitrogens with one attached hydrogen (secondary N) is 6. The number of H-pyrrole nitrogens is 2. The molecule has 1 unspecified atom stereocenters. The maximum Gasteiger partial charge on any atom is 0.268 e. The van der Waals surface area contributed by atoms with Crippen molar-refractivity contribution in [2.24, 2.45) is 0 Å². The minimum absolute atomic E-state index is 0.147. The van der Waals surface area contributed by atoms with Crippen molar-refractivity contribution < 1.29 is 52.8 Å². The van der Waals surface area contributed by atoms with Gasteiger partial charge in [0.05, 0.1) is 42.2 Å². The lowest BCUT2D eigenvalue weighted by Gasteiger charge is -2.26. The predicted octanol–water partition coefficient (Wildman–Crippen LogP) is 10.5. The third kappa shape index (κ3) is 19.9. The first-order chi connectivity index (χ1) is 54.6. The van der Waals surface area contributed by atoms with Crippen molar-refractivity contribution in [1.82, 2.24) is 83.7 Å². The summed E-state index contributed by atoms with van der Waals surface area (Å²) in [6.07, 6.45) is 21.7. The number of nitrogens with zero attached hydrogens (tertiary/aromatic N) is 11. The summed E-state index contributed by atoms with van der Waals surface area (Å²) in [6.45, 7) is 7.49. The van der Waals surface area contributed by atoms with E-state index in [0.717, 1.165) is 131 Å². The molecule has 0 bridgehead atoms. The Balaban J connectivity index is 0.000000132. The zero-order valence-electron chi connectivity index (χ0n) is 62.1. The van der Waals surface area contributed by atoms with Crippen molar-refractivity contribution >= 4 is 113 Å². The SMILES string of the molecule is CC(NC(=O)c1cc2cnccc2[nH]1)c1ccc(S(=O)(=O)N2CCCCC2)cc1.O=C(NCc1ccc(S(=O)(=O)N2CCCCC2)cc1)c1cc2cnccc2s1.O=C(NCc1ccc(S(=O)(=O)N2CCCCC2)cc1)c1ccc2[nH]ncc2c1.O=C(NCc1ccc(S(=O)(=O)N2CCCCC2)cc1)c1ccn2nnnc2c1. The fourth-order valence-corrected chi connectivity index (χ4v) is 20.5. The monoisotopic (exact) mass is 1630 g/mol. The van der Waals surface area contributed by atoms with Crippen LogP contribution >= 0.6 is 11.3 Å². The number of sulfonamides is 4. The second-order valence-corrected chi connectivity index (χ2v) is 36.7. The Kier molecular flexibility index (Phi) is 26.0. The van der Waals surface area contributed by atoms with Gasteiger partial charge < -0.3 is 26.3 Å². The van der Waals surface area contributed by atoms with Crippen LogP contribution in [0.5, 0.6) is 0 Å². The number of hydrogen-bond acceptors (Lipinski definition) is 19. The number of thiophene rings is 1. The van der Waals surface area contributed by atoms with E-state index < -0.39 is 40.1 Å². The van der Waals surface area contributed by atoms with Crippen molar-refractivity contribution in [3.05, 3.63) is 233 Å². The van der Waals surface area contributed by atoms with Gasteiger partial charge in [-0.05, 0) is 194 Å². The van der Waals surface area contributed by atoms with Crippen LogP contribution in [0.2, 0.25) is 0 Å². The van der Waals surface area contributed by atoms with Gasteiger partial charge in [0.25, 0.3) is 23.6 Å². The number of piperidine rings is 4. The number of amides is 4. The Morgan fingerprint density at radius 3 is 1.35 bits per heavy atom. The highest BCUT2D eigenvalue weighted by atomic mass is 32.2. The normalized spacial score (nSPS) is 15.8. The van der Waals surface area contributed by atoms with Gasteiger partial charge in [-0.25, -0.2) is 38.2 Å². The largest absolute Gasteiger partial charge is 0.350 e. The maximum absolute atomic E-state index is 12.8. The van der Waals surface area contributed by atoms with Crippen LogP contribution in [0.25, 0.3) is 37.5 Å². The van der Waals surface area contributed by atoms with Gasteiger partial charge >= 0.3 is 0 Å². The average molecular weight is 1630 g/mol. The van der Waals surface area contributed by atoms with Crippen molar-refractivity contribution in [3.8, 4) is 0 Å². The first-order valence-corrected chi connectivity index (χ1v) is 44.0. The van der Waals surface area contributed by atoms with Crippen LogP contribution in [-0.4, -0.2) is 172 Å². The molecular formula is C79H87N17O12S5. The van der Waals surface area contributed by atoms with E-state index in [1.54, 1.807) is 182 Å². The zero-order chi connectivity index (χ0) is 79.1. The number of aromatic amines is 2. The number of carbonyl (C=O) groups excluding carboxylic acids is 4. The van der Waals surface area contributed by atoms with E-state index in [0.29, 0.717) is 114 Å². The molecule has 34 heteroatoms. The number of carbonyl (C=O) groups is 4. The Morgan fingerprint density at radius 1 is 0.442 bits per heavy atom. The molecule has 11 heterocycles. The second kappa shape index (κ2) is 36.5. The lowest BCUT2D eigenvalue weighted by molar-refractivity contribution is 0.0930. The molecular weight excluding hydrogens is 1540 g/mol. The third-order valence-electron chi connectivity index (χ3n) is 20.0. The first-order valence-electron chi connectivity index (χ1n) is 37.5. The molecule has 4 saturated heterocycles. The van der Waals surface area contributed by atoms with Gasteiger partial charge in [0.15, 0.2) is 5.65 Å². The standard InChI is InChI=1S/C21H24N4O3S.C20H22N4O3S.C20H21N3O3S2.C18H20N6O3S/c1-15(23-21(26)20-13-17-14-22-10-9-19(17)24-20)16-5-7-18(8-6-16)29(27,28)25-11-3-2-4-12-25;25-20(16-6-9-19-17(12-16)14-22-23-19)21-13-15-4-7-18(8-5-15)28(26,27)24-10-2-1-3-11-24;24-20(19-12-16-14-21-9-8-18(16)27-19)22-13-15-4-6-17(7-5-15)28(25,26)23-10-2-1-3-11-23;25-18(15-8-11-24-17(12-15)20-21-22-24)19-13-14-4-6-16(7-5-14)28(26,27)23-9-2-1-3-10-23/h5-10,13-15,24H,2-4,11-12H2,1H3,(H,23,26);4-9,12,14H,1-3,10-11,13H2,(H,21,25)(H,22,23);4-9,12,14H,1-3,10-11,13H2,(H,22,24);4-8,11-12H,1-3,9-10,13H2,(H,19,25). The molecule has 590 valence electrons. The van der Waals surface area contributed by atoms with E-state index in [1.165, 1.54) is 15.9 Å². The van der Waals surface area contributed by atoms with Crippen LogP contribution in [0.3, 0.4) is 0 Å². The Hall–Kier alpha value is -10.6. The van der Waals surface area contributed by atoms with E-state index in [1.807, 2.05) is 31.2 Å². The van der Waals surface area contributed by atoms with Gasteiger partial charge in [0.2, 0.25) is 40.1 Å². The van der Waals surface area contributed by atoms with E-state index in [2.05, 4.69) is 61.9 Å². The Labute approximate surface area is 659 Å². The molecule has 4 amide bonds. The first kappa shape index (κ1) is 80.5. The number of aromatic nitrogens is 9. The molecule has 16 rings (SSSR count). The van der Waals surface area contributed by atoms with Gasteiger partial charge in [0, 0.05) is 140 Å². The quantitative estimate of drug-likeness (QED) is 0.0413. The van der Waals surface area contributed by atoms with Gasteiger partial charge in [-0.15, -0.1) is 16.4 Å². The minimum atomic E-state index is -3.45. The van der Waals surface area contributed by atoms with Crippen molar-refractivity contribution in [2.45, 2.75) is 129 Å². The number of benzene rings is 5. The molecule has 12 aromatic rings. The number of hydrogen-bond donors (Lipinski definition) is 6. The molecule has 0 spiro atoms. The summed E-state index contributed by atoms with van der Waals surface area (Å²) in [5.41, 5.74) is 7.04. The van der Waals surface area contributed by atoms with Crippen LogP contribution in [0, 0.1) is 0 Å². The third-order valence-corrected chi connectivity index (χ3v) is 28.8. The van der Waals surface area contributed by atoms with Crippen molar-refractivity contribution in [2.75, 3.05) is 52.4 Å². The van der Waals surface area contributed by atoms with Gasteiger partial charge in [-0.3, -0.25) is 34.2 Å². The van der Waals surface area contributed by atoms with E-state index >= 15 is 0 Å². The Morgan fingerprint density at radius 2 is 0.876 bits per heavy atom. The molecule has 1 atom stereocenters. The predicted molar refractivity (Wildman–Crippen MR) is 428 cm³/mol. The van der Waals surface area contributed by atoms with Crippen molar-refractivity contribution in [1.29, 1.82) is 0 Å². The van der Waals surface area contributed by atoms with Crippen LogP contribution in [0.4, 0.5) is 0 Å². The van der Waals surface area contributed by atoms with Gasteiger partial charge in [-0.1, -0.05) is 74.2 Å². The fraction of sp³-hybridized carbons (Fsp3) is 0.316. The van der Waals surface area contributed by atoms with Crippen molar-refractivity contribution in [3.63, 3.8) is 0 Å². The number of fused-ring (bicyclic) bond motifs is 4. The molecule has 4 aliphatic heterocycles. The lowest BCUT2D eigenvalue weighted by atomic mass is 10.1. The zero-order valence-corrected chi connectivity index (χ0v) is 66.2. The summed E-state index contributed by atoms with van der Waals surface area (Å²) in [7, 11) is -13.8. The molecule has 7 aromatic heterocycles. The molecule has 4 fully saturated rings. The number of rotatable bonds is 20. The minimum Gasteiger partial charge on any atom is -0.350 e. The van der Waals surface area contributed by atoms with E-state index in [4.69, 9.17) is 0 Å². The highest BCUT2D eigenvalue weighted by molar-refractivity contribution is 7.90. The Bertz CT molecular complexity index is 5410.